The van der Waals surface area contributed by atoms with Crippen molar-refractivity contribution in [2.24, 2.45) is 0 Å². The number of carbonyl (C=O) groups is 2. The van der Waals surface area contributed by atoms with Crippen molar-refractivity contribution in [1.29, 1.82) is 0 Å². The van der Waals surface area contributed by atoms with Crippen molar-refractivity contribution in [1.82, 2.24) is 9.62 Å². The highest BCUT2D eigenvalue weighted by Crippen LogP contribution is 2.24. The first-order valence-corrected chi connectivity index (χ1v) is 9.42. The summed E-state index contributed by atoms with van der Waals surface area (Å²) in [6, 6.07) is 8.78. The third-order valence-electron chi connectivity index (χ3n) is 4.20. The summed E-state index contributed by atoms with van der Waals surface area (Å²) in [7, 11) is -3.78. The van der Waals surface area contributed by atoms with E-state index in [1.54, 1.807) is 19.1 Å². The van der Waals surface area contributed by atoms with E-state index in [1.165, 1.54) is 18.2 Å². The number of amides is 2. The first-order chi connectivity index (χ1) is 12.2. The number of fused-ring (bicyclic) bond motifs is 1. The minimum absolute atomic E-state index is 0.00719. The first-order valence-electron chi connectivity index (χ1n) is 7.94. The molecule has 8 heteroatoms. The predicted octanol–water partition coefficient (Wildman–Crippen LogP) is 2.02. The van der Waals surface area contributed by atoms with Gasteiger partial charge in [0.25, 0.3) is 11.8 Å². The quantitative estimate of drug-likeness (QED) is 0.810. The SMILES string of the molecule is Cc1ccc(S(=O)(=O)NCCN2C(=O)c3cccc(F)c3C2=O)c(C)c1. The van der Waals surface area contributed by atoms with Crippen LogP contribution in [0.5, 0.6) is 0 Å². The zero-order valence-electron chi connectivity index (χ0n) is 14.2. The molecule has 0 saturated heterocycles. The van der Waals surface area contributed by atoms with Crippen molar-refractivity contribution < 1.29 is 22.4 Å². The van der Waals surface area contributed by atoms with Crippen molar-refractivity contribution in [3.8, 4) is 0 Å². The van der Waals surface area contributed by atoms with Crippen LogP contribution in [0.2, 0.25) is 0 Å². The molecule has 0 unspecified atom stereocenters. The molecular weight excluding hydrogens is 359 g/mol. The molecule has 2 amide bonds. The lowest BCUT2D eigenvalue weighted by Crippen LogP contribution is -2.38. The molecule has 2 aromatic rings. The van der Waals surface area contributed by atoms with Gasteiger partial charge in [-0.05, 0) is 37.6 Å². The van der Waals surface area contributed by atoms with Crippen molar-refractivity contribution in [2.75, 3.05) is 13.1 Å². The van der Waals surface area contributed by atoms with Crippen LogP contribution in [0.25, 0.3) is 0 Å². The number of nitrogens with one attached hydrogen (secondary N) is 1. The van der Waals surface area contributed by atoms with Crippen LogP contribution in [-0.2, 0) is 10.0 Å². The smallest absolute Gasteiger partial charge is 0.264 e. The Morgan fingerprint density at radius 3 is 2.46 bits per heavy atom. The number of aryl methyl sites for hydroxylation is 2. The molecule has 0 fully saturated rings. The summed E-state index contributed by atoms with van der Waals surface area (Å²) in [5.74, 6) is -2.15. The largest absolute Gasteiger partial charge is 0.273 e. The van der Waals surface area contributed by atoms with Gasteiger partial charge in [0, 0.05) is 13.1 Å². The summed E-state index contributed by atoms with van der Waals surface area (Å²) in [4.78, 5) is 25.5. The summed E-state index contributed by atoms with van der Waals surface area (Å²) in [6.07, 6.45) is 0. The number of carbonyl (C=O) groups excluding carboxylic acids is 2. The second-order valence-electron chi connectivity index (χ2n) is 6.09. The summed E-state index contributed by atoms with van der Waals surface area (Å²) >= 11 is 0. The summed E-state index contributed by atoms with van der Waals surface area (Å²) < 4.78 is 41.0. The van der Waals surface area contributed by atoms with Gasteiger partial charge in [0.05, 0.1) is 16.0 Å². The predicted molar refractivity (Wildman–Crippen MR) is 92.9 cm³/mol. The molecule has 0 aromatic heterocycles. The standard InChI is InChI=1S/C18H17FN2O4S/c1-11-6-7-15(12(2)10-11)26(24,25)20-8-9-21-17(22)13-4-3-5-14(19)16(13)18(21)23/h3-7,10,20H,8-9H2,1-2H3. The van der Waals surface area contributed by atoms with Crippen LogP contribution < -0.4 is 4.72 Å². The van der Waals surface area contributed by atoms with Crippen LogP contribution in [0.15, 0.2) is 41.3 Å². The van der Waals surface area contributed by atoms with Gasteiger partial charge < -0.3 is 0 Å². The van der Waals surface area contributed by atoms with Crippen LogP contribution in [0, 0.1) is 19.7 Å². The number of hydrogen-bond donors (Lipinski definition) is 1. The Balaban J connectivity index is 1.72. The van der Waals surface area contributed by atoms with Gasteiger partial charge >= 0.3 is 0 Å². The lowest BCUT2D eigenvalue weighted by Gasteiger charge is -2.15. The molecule has 0 radical (unpaired) electrons. The molecule has 1 N–H and O–H groups in total. The topological polar surface area (TPSA) is 83.6 Å². The summed E-state index contributed by atoms with van der Waals surface area (Å²) in [5, 5.41) is 0. The fourth-order valence-corrected chi connectivity index (χ4v) is 4.21. The monoisotopic (exact) mass is 376 g/mol. The van der Waals surface area contributed by atoms with E-state index in [1.807, 2.05) is 6.92 Å². The lowest BCUT2D eigenvalue weighted by atomic mass is 10.1. The molecule has 26 heavy (non-hydrogen) atoms. The van der Waals surface area contributed by atoms with Gasteiger partial charge in [-0.1, -0.05) is 23.8 Å². The minimum atomic E-state index is -3.78. The van der Waals surface area contributed by atoms with E-state index in [2.05, 4.69) is 4.72 Å². The molecular formula is C18H17FN2O4S. The molecule has 1 heterocycles. The second-order valence-corrected chi connectivity index (χ2v) is 7.83. The fourth-order valence-electron chi connectivity index (χ4n) is 2.97. The van der Waals surface area contributed by atoms with Gasteiger partial charge in [0.1, 0.15) is 5.82 Å². The molecule has 6 nitrogen and oxygen atoms in total. The van der Waals surface area contributed by atoms with Crippen molar-refractivity contribution >= 4 is 21.8 Å². The number of rotatable bonds is 5. The van der Waals surface area contributed by atoms with Crippen molar-refractivity contribution in [2.45, 2.75) is 18.7 Å². The molecule has 3 rings (SSSR count). The van der Waals surface area contributed by atoms with E-state index in [4.69, 9.17) is 0 Å². The maximum atomic E-state index is 13.8. The van der Waals surface area contributed by atoms with Crippen LogP contribution in [0.1, 0.15) is 31.8 Å². The summed E-state index contributed by atoms with van der Waals surface area (Å²) in [6.45, 7) is 3.20. The Kier molecular flexibility index (Phi) is 4.64. The molecule has 0 saturated carbocycles. The molecule has 0 bridgehead atoms. The molecule has 0 spiro atoms. The van der Waals surface area contributed by atoms with Gasteiger partial charge in [-0.2, -0.15) is 0 Å². The van der Waals surface area contributed by atoms with E-state index in [9.17, 15) is 22.4 Å². The molecule has 0 aliphatic carbocycles. The average Bonchev–Trinajstić information content (AvgIpc) is 2.80. The molecule has 136 valence electrons. The third kappa shape index (κ3) is 3.13. The van der Waals surface area contributed by atoms with E-state index in [0.29, 0.717) is 5.56 Å². The average molecular weight is 376 g/mol. The van der Waals surface area contributed by atoms with Crippen LogP contribution in [0.3, 0.4) is 0 Å². The summed E-state index contributed by atoms with van der Waals surface area (Å²) in [5.41, 5.74) is 1.26. The molecule has 0 atom stereocenters. The number of sulfonamides is 1. The highest BCUT2D eigenvalue weighted by atomic mass is 32.2. The zero-order chi connectivity index (χ0) is 19.1. The molecule has 1 aliphatic heterocycles. The Hall–Kier alpha value is -2.58. The Labute approximate surface area is 150 Å². The van der Waals surface area contributed by atoms with Gasteiger partial charge in [0.2, 0.25) is 10.0 Å². The minimum Gasteiger partial charge on any atom is -0.273 e. The highest BCUT2D eigenvalue weighted by Gasteiger charge is 2.37. The Bertz CT molecular complexity index is 1020. The fraction of sp³-hybridized carbons (Fsp3) is 0.222. The Morgan fingerprint density at radius 1 is 1.08 bits per heavy atom. The van der Waals surface area contributed by atoms with Crippen LogP contribution in [-0.4, -0.2) is 38.2 Å². The van der Waals surface area contributed by atoms with Crippen LogP contribution >= 0.6 is 0 Å². The van der Waals surface area contributed by atoms with Gasteiger partial charge in [-0.25, -0.2) is 17.5 Å². The molecule has 1 aliphatic rings. The second kappa shape index (κ2) is 6.62. The maximum absolute atomic E-state index is 13.8. The molecule has 2 aromatic carbocycles. The zero-order valence-corrected chi connectivity index (χ0v) is 15.1. The number of imide groups is 1. The van der Waals surface area contributed by atoms with Crippen LogP contribution in [0.4, 0.5) is 4.39 Å². The Morgan fingerprint density at radius 2 is 1.81 bits per heavy atom. The van der Waals surface area contributed by atoms with Crippen molar-refractivity contribution in [3.63, 3.8) is 0 Å². The normalized spacial score (nSPS) is 14.0. The van der Waals surface area contributed by atoms with Gasteiger partial charge in [-0.3, -0.25) is 14.5 Å². The first kappa shape index (κ1) is 18.2. The van der Waals surface area contributed by atoms with E-state index in [0.717, 1.165) is 16.5 Å². The third-order valence-corrected chi connectivity index (χ3v) is 5.82. The van der Waals surface area contributed by atoms with E-state index < -0.39 is 27.7 Å². The number of benzene rings is 2. The number of nitrogens with zero attached hydrogens (tertiary/aromatic N) is 1. The van der Waals surface area contributed by atoms with Gasteiger partial charge in [-0.15, -0.1) is 0 Å². The van der Waals surface area contributed by atoms with E-state index in [-0.39, 0.29) is 29.1 Å². The number of halogens is 1. The van der Waals surface area contributed by atoms with E-state index >= 15 is 0 Å². The van der Waals surface area contributed by atoms with Gasteiger partial charge in [0.15, 0.2) is 0 Å². The number of hydrogen-bond acceptors (Lipinski definition) is 4. The maximum Gasteiger partial charge on any atom is 0.264 e. The van der Waals surface area contributed by atoms with Crippen molar-refractivity contribution in [3.05, 3.63) is 64.5 Å². The lowest BCUT2D eigenvalue weighted by molar-refractivity contribution is 0.0656. The highest BCUT2D eigenvalue weighted by molar-refractivity contribution is 7.89.